The molecule has 25 heavy (non-hydrogen) atoms. The topological polar surface area (TPSA) is 27.7 Å². The SMILES string of the molecule is CCOC1(c2ccc3ccccc3c2)CCCC[Si]1(OCC)OCC. The second-order valence-corrected chi connectivity index (χ2v) is 10.0. The predicted octanol–water partition coefficient (Wildman–Crippen LogP) is 5.31. The molecule has 1 fully saturated rings. The van der Waals surface area contributed by atoms with E-state index in [4.69, 9.17) is 13.6 Å². The van der Waals surface area contributed by atoms with Crippen LogP contribution in [0.2, 0.25) is 6.04 Å². The Kier molecular flexibility index (Phi) is 5.95. The highest BCUT2D eigenvalue weighted by Gasteiger charge is 2.61. The van der Waals surface area contributed by atoms with Gasteiger partial charge in [0.25, 0.3) is 0 Å². The highest BCUT2D eigenvalue weighted by Crippen LogP contribution is 2.48. The molecular weight excluding hydrogens is 328 g/mol. The van der Waals surface area contributed by atoms with E-state index in [1.807, 2.05) is 0 Å². The molecule has 0 spiro atoms. The zero-order chi connectivity index (χ0) is 17.8. The second-order valence-electron chi connectivity index (χ2n) is 6.65. The lowest BCUT2D eigenvalue weighted by atomic mass is 9.98. The summed E-state index contributed by atoms with van der Waals surface area (Å²) in [4.78, 5) is 0. The van der Waals surface area contributed by atoms with Crippen LogP contribution in [0.15, 0.2) is 42.5 Å². The van der Waals surface area contributed by atoms with E-state index in [9.17, 15) is 0 Å². The molecule has 4 heteroatoms. The van der Waals surface area contributed by atoms with Crippen molar-refractivity contribution in [2.75, 3.05) is 19.8 Å². The zero-order valence-corrected chi connectivity index (χ0v) is 16.7. The van der Waals surface area contributed by atoms with Crippen LogP contribution in [-0.4, -0.2) is 28.4 Å². The number of benzene rings is 2. The first-order valence-corrected chi connectivity index (χ1v) is 11.6. The first-order valence-electron chi connectivity index (χ1n) is 9.62. The van der Waals surface area contributed by atoms with Crippen LogP contribution in [0, 0.1) is 0 Å². The lowest BCUT2D eigenvalue weighted by Gasteiger charge is -2.49. The minimum atomic E-state index is -2.53. The lowest BCUT2D eigenvalue weighted by Crippen LogP contribution is -2.63. The molecule has 3 nitrogen and oxygen atoms in total. The number of fused-ring (bicyclic) bond motifs is 1. The molecule has 2 aromatic carbocycles. The van der Waals surface area contributed by atoms with Crippen LogP contribution in [0.25, 0.3) is 10.8 Å². The molecule has 136 valence electrons. The minimum Gasteiger partial charge on any atom is -0.393 e. The van der Waals surface area contributed by atoms with E-state index in [0.29, 0.717) is 19.8 Å². The summed E-state index contributed by atoms with van der Waals surface area (Å²) in [5.74, 6) is 0. The van der Waals surface area contributed by atoms with E-state index in [0.717, 1.165) is 25.3 Å². The largest absolute Gasteiger partial charge is 0.393 e. The first-order chi connectivity index (χ1) is 12.2. The van der Waals surface area contributed by atoms with Gasteiger partial charge in [0, 0.05) is 19.8 Å². The molecule has 0 bridgehead atoms. The van der Waals surface area contributed by atoms with Gasteiger partial charge in [0.2, 0.25) is 0 Å². The highest BCUT2D eigenvalue weighted by molar-refractivity contribution is 6.70. The number of rotatable bonds is 7. The van der Waals surface area contributed by atoms with Gasteiger partial charge in [-0.3, -0.25) is 0 Å². The van der Waals surface area contributed by atoms with Crippen LogP contribution < -0.4 is 0 Å². The Bertz CT molecular complexity index is 687. The molecule has 0 radical (unpaired) electrons. The monoisotopic (exact) mass is 358 g/mol. The highest BCUT2D eigenvalue weighted by atomic mass is 28.4. The summed E-state index contributed by atoms with van der Waals surface area (Å²) in [6, 6.07) is 16.2. The van der Waals surface area contributed by atoms with E-state index in [2.05, 4.69) is 63.2 Å². The van der Waals surface area contributed by atoms with Crippen LogP contribution in [0.4, 0.5) is 0 Å². The fourth-order valence-electron chi connectivity index (χ4n) is 4.33. The average Bonchev–Trinajstić information content (AvgIpc) is 2.64. The molecule has 1 aliphatic rings. The van der Waals surface area contributed by atoms with Gasteiger partial charge in [-0.25, -0.2) is 0 Å². The van der Waals surface area contributed by atoms with Gasteiger partial charge >= 0.3 is 8.56 Å². The Labute approximate surface area is 152 Å². The second kappa shape index (κ2) is 8.00. The molecule has 3 rings (SSSR count). The van der Waals surface area contributed by atoms with Crippen LogP contribution >= 0.6 is 0 Å². The van der Waals surface area contributed by atoms with Crippen molar-refractivity contribution in [1.29, 1.82) is 0 Å². The summed E-state index contributed by atoms with van der Waals surface area (Å²) >= 11 is 0. The first kappa shape index (κ1) is 18.6. The third kappa shape index (κ3) is 3.28. The van der Waals surface area contributed by atoms with E-state index >= 15 is 0 Å². The standard InChI is InChI=1S/C21H30O3Si/c1-4-22-21(15-9-10-16-25(21,23-5-2)24-6-3)20-14-13-18-11-7-8-12-19(18)17-20/h7-8,11-14,17H,4-6,9-10,15-16H2,1-3H3. The molecule has 0 amide bonds. The Balaban J connectivity index is 2.16. The molecule has 0 aliphatic carbocycles. The number of hydrogen-bond donors (Lipinski definition) is 0. The summed E-state index contributed by atoms with van der Waals surface area (Å²) in [7, 11) is -2.53. The van der Waals surface area contributed by atoms with Gasteiger partial charge in [0.05, 0.1) is 0 Å². The van der Waals surface area contributed by atoms with Gasteiger partial charge in [-0.05, 0) is 55.6 Å². The molecule has 2 aromatic rings. The Morgan fingerprint density at radius 1 is 0.880 bits per heavy atom. The zero-order valence-electron chi connectivity index (χ0n) is 15.7. The Hall–Kier alpha value is -1.20. The molecule has 0 saturated carbocycles. The van der Waals surface area contributed by atoms with Crippen LogP contribution in [0.3, 0.4) is 0 Å². The summed E-state index contributed by atoms with van der Waals surface area (Å²) < 4.78 is 19.4. The van der Waals surface area contributed by atoms with Crippen LogP contribution in [0.5, 0.6) is 0 Å². The summed E-state index contributed by atoms with van der Waals surface area (Å²) in [6.45, 7) is 8.23. The van der Waals surface area contributed by atoms with E-state index in [-0.39, 0.29) is 0 Å². The van der Waals surface area contributed by atoms with Gasteiger partial charge in [0.1, 0.15) is 5.22 Å². The van der Waals surface area contributed by atoms with Crippen LogP contribution in [0.1, 0.15) is 45.6 Å². The molecule has 0 aromatic heterocycles. The van der Waals surface area contributed by atoms with Crippen molar-refractivity contribution in [2.24, 2.45) is 0 Å². The fourth-order valence-corrected chi connectivity index (χ4v) is 8.73. The van der Waals surface area contributed by atoms with Gasteiger partial charge < -0.3 is 13.6 Å². The maximum atomic E-state index is 6.54. The van der Waals surface area contributed by atoms with Gasteiger partial charge in [-0.2, -0.15) is 0 Å². The third-order valence-electron chi connectivity index (χ3n) is 5.26. The van der Waals surface area contributed by atoms with Crippen LogP contribution in [-0.2, 0) is 18.8 Å². The molecule has 1 unspecified atom stereocenters. The van der Waals surface area contributed by atoms with Gasteiger partial charge in [-0.1, -0.05) is 49.2 Å². The van der Waals surface area contributed by atoms with Crippen molar-refractivity contribution in [3.05, 3.63) is 48.0 Å². The number of ether oxygens (including phenoxy) is 1. The normalized spacial score (nSPS) is 23.0. The fraction of sp³-hybridized carbons (Fsp3) is 0.524. The average molecular weight is 359 g/mol. The molecule has 1 saturated heterocycles. The summed E-state index contributed by atoms with van der Waals surface area (Å²) in [6.07, 6.45) is 3.29. The predicted molar refractivity (Wildman–Crippen MR) is 105 cm³/mol. The molecular formula is C21H30O3Si. The van der Waals surface area contributed by atoms with Crippen molar-refractivity contribution in [1.82, 2.24) is 0 Å². The van der Waals surface area contributed by atoms with Gasteiger partial charge in [-0.15, -0.1) is 0 Å². The van der Waals surface area contributed by atoms with E-state index in [1.165, 1.54) is 16.3 Å². The van der Waals surface area contributed by atoms with Crippen molar-refractivity contribution in [3.8, 4) is 0 Å². The van der Waals surface area contributed by atoms with Crippen molar-refractivity contribution in [3.63, 3.8) is 0 Å². The molecule has 0 N–H and O–H groups in total. The molecule has 1 heterocycles. The quantitative estimate of drug-likeness (QED) is 0.628. The summed E-state index contributed by atoms with van der Waals surface area (Å²) in [5, 5.41) is 2.09. The van der Waals surface area contributed by atoms with Crippen molar-refractivity contribution >= 4 is 19.3 Å². The van der Waals surface area contributed by atoms with Crippen molar-refractivity contribution < 1.29 is 13.6 Å². The Morgan fingerprint density at radius 3 is 2.28 bits per heavy atom. The van der Waals surface area contributed by atoms with Gasteiger partial charge in [0.15, 0.2) is 0 Å². The lowest BCUT2D eigenvalue weighted by molar-refractivity contribution is -0.0447. The third-order valence-corrected chi connectivity index (χ3v) is 9.70. The molecule has 1 aliphatic heterocycles. The Morgan fingerprint density at radius 2 is 1.60 bits per heavy atom. The van der Waals surface area contributed by atoms with Crippen molar-refractivity contribution in [2.45, 2.75) is 51.3 Å². The minimum absolute atomic E-state index is 0.421. The summed E-state index contributed by atoms with van der Waals surface area (Å²) in [5.41, 5.74) is 1.22. The number of hydrogen-bond acceptors (Lipinski definition) is 3. The maximum Gasteiger partial charge on any atom is 0.376 e. The smallest absolute Gasteiger partial charge is 0.376 e. The van der Waals surface area contributed by atoms with E-state index in [1.54, 1.807) is 0 Å². The maximum absolute atomic E-state index is 6.54. The van der Waals surface area contributed by atoms with E-state index < -0.39 is 13.8 Å². The molecule has 1 atom stereocenters.